The fourth-order valence-corrected chi connectivity index (χ4v) is 4.22. The van der Waals surface area contributed by atoms with E-state index < -0.39 is 0 Å². The average Bonchev–Trinajstić information content (AvgIpc) is 2.84. The van der Waals surface area contributed by atoms with Gasteiger partial charge < -0.3 is 4.90 Å². The second kappa shape index (κ2) is 4.83. The van der Waals surface area contributed by atoms with Crippen molar-refractivity contribution >= 4 is 44.8 Å². The zero-order chi connectivity index (χ0) is 14.5. The smallest absolute Gasteiger partial charge is 0.274 e. The molecule has 0 bridgehead atoms. The van der Waals surface area contributed by atoms with Crippen molar-refractivity contribution in [1.82, 2.24) is 9.88 Å². The fraction of sp³-hybridized carbons (Fsp3) is 0.286. The molecule has 0 aliphatic carbocycles. The molecule has 0 fully saturated rings. The molecule has 104 valence electrons. The van der Waals surface area contributed by atoms with Crippen LogP contribution in [0.3, 0.4) is 0 Å². The molecule has 20 heavy (non-hydrogen) atoms. The van der Waals surface area contributed by atoms with Crippen molar-refractivity contribution in [2.24, 2.45) is 0 Å². The predicted octanol–water partition coefficient (Wildman–Crippen LogP) is 4.45. The van der Waals surface area contributed by atoms with Crippen LogP contribution in [0.1, 0.15) is 34.8 Å². The van der Waals surface area contributed by atoms with Crippen LogP contribution >= 0.6 is 38.9 Å². The monoisotopic (exact) mass is 370 g/mol. The first-order valence-corrected chi connectivity index (χ1v) is 8.11. The Morgan fingerprint density at radius 1 is 1.45 bits per heavy atom. The van der Waals surface area contributed by atoms with Gasteiger partial charge in [-0.2, -0.15) is 0 Å². The van der Waals surface area contributed by atoms with Crippen LogP contribution < -0.4 is 0 Å². The maximum atomic E-state index is 12.5. The number of carbonyl (C=O) groups excluding carboxylic acids is 1. The summed E-state index contributed by atoms with van der Waals surface area (Å²) in [6, 6.07) is 7.60. The average molecular weight is 372 g/mol. The van der Waals surface area contributed by atoms with E-state index in [-0.39, 0.29) is 11.4 Å². The van der Waals surface area contributed by atoms with E-state index in [2.05, 4.69) is 20.9 Å². The highest BCUT2D eigenvalue weighted by atomic mass is 79.9. The minimum atomic E-state index is -0.349. The maximum absolute atomic E-state index is 12.5. The fourth-order valence-electron chi connectivity index (χ4n) is 2.45. The Morgan fingerprint density at radius 2 is 2.20 bits per heavy atom. The molecule has 0 atom stereocenters. The highest BCUT2D eigenvalue weighted by molar-refractivity contribution is 9.11. The molecule has 0 N–H and O–H groups in total. The maximum Gasteiger partial charge on any atom is 0.274 e. The van der Waals surface area contributed by atoms with Gasteiger partial charge in [0.15, 0.2) is 3.92 Å². The lowest BCUT2D eigenvalue weighted by atomic mass is 10.0. The van der Waals surface area contributed by atoms with Crippen LogP contribution in [-0.2, 0) is 12.1 Å². The van der Waals surface area contributed by atoms with E-state index in [0.29, 0.717) is 17.3 Å². The van der Waals surface area contributed by atoms with Crippen LogP contribution in [-0.4, -0.2) is 15.8 Å². The largest absolute Gasteiger partial charge is 0.323 e. The van der Waals surface area contributed by atoms with E-state index in [4.69, 9.17) is 11.6 Å². The van der Waals surface area contributed by atoms with Crippen molar-refractivity contribution in [3.63, 3.8) is 0 Å². The van der Waals surface area contributed by atoms with Crippen LogP contribution in [0.4, 0.5) is 0 Å². The molecule has 0 unspecified atom stereocenters. The first-order chi connectivity index (χ1) is 9.39. The molecule has 0 radical (unpaired) electrons. The zero-order valence-electron chi connectivity index (χ0n) is 11.0. The highest BCUT2D eigenvalue weighted by Gasteiger charge is 2.45. The molecule has 2 aromatic rings. The van der Waals surface area contributed by atoms with E-state index in [1.807, 2.05) is 43.0 Å². The van der Waals surface area contributed by atoms with Crippen molar-refractivity contribution in [2.45, 2.75) is 25.9 Å². The van der Waals surface area contributed by atoms with Gasteiger partial charge in [-0.3, -0.25) is 4.79 Å². The van der Waals surface area contributed by atoms with E-state index in [1.54, 1.807) is 0 Å². The Morgan fingerprint density at radius 3 is 2.85 bits per heavy atom. The number of hydrogen-bond acceptors (Lipinski definition) is 3. The molecule has 1 aliphatic heterocycles. The number of fused-ring (bicyclic) bond motifs is 1. The number of aromatic nitrogens is 1. The number of nitrogens with zero attached hydrogens (tertiary/aromatic N) is 2. The van der Waals surface area contributed by atoms with Crippen LogP contribution in [0.2, 0.25) is 5.02 Å². The summed E-state index contributed by atoms with van der Waals surface area (Å²) < 4.78 is 0.756. The Bertz CT molecular complexity index is 698. The van der Waals surface area contributed by atoms with Gasteiger partial charge >= 0.3 is 0 Å². The normalized spacial score (nSPS) is 16.6. The van der Waals surface area contributed by atoms with Crippen LogP contribution in [0.5, 0.6) is 0 Å². The zero-order valence-corrected chi connectivity index (χ0v) is 14.1. The summed E-state index contributed by atoms with van der Waals surface area (Å²) in [5.74, 6) is -0.0214. The first kappa shape index (κ1) is 14.0. The molecule has 2 heterocycles. The van der Waals surface area contributed by atoms with E-state index in [1.165, 1.54) is 11.3 Å². The molecule has 1 amide bonds. The van der Waals surface area contributed by atoms with Gasteiger partial charge in [-0.25, -0.2) is 4.98 Å². The molecular formula is C14H12BrClN2OS. The Hall–Kier alpha value is -0.910. The summed E-state index contributed by atoms with van der Waals surface area (Å²) >= 11 is 10.9. The molecule has 6 heteroatoms. The minimum absolute atomic E-state index is 0.0214. The topological polar surface area (TPSA) is 33.2 Å². The van der Waals surface area contributed by atoms with Gasteiger partial charge in [-0.1, -0.05) is 23.7 Å². The Kier molecular flexibility index (Phi) is 3.39. The van der Waals surface area contributed by atoms with E-state index in [9.17, 15) is 4.79 Å². The minimum Gasteiger partial charge on any atom is -0.323 e. The molecule has 1 aliphatic rings. The van der Waals surface area contributed by atoms with Crippen molar-refractivity contribution in [2.75, 3.05) is 0 Å². The molecule has 0 saturated carbocycles. The van der Waals surface area contributed by atoms with Gasteiger partial charge in [-0.05, 0) is 47.5 Å². The Balaban J connectivity index is 1.96. The van der Waals surface area contributed by atoms with Crippen LogP contribution in [0, 0.1) is 0 Å². The number of rotatable bonds is 2. The number of halogens is 2. The predicted molar refractivity (Wildman–Crippen MR) is 84.2 cm³/mol. The lowest BCUT2D eigenvalue weighted by molar-refractivity contribution is 0.0595. The molecule has 0 spiro atoms. The van der Waals surface area contributed by atoms with Crippen molar-refractivity contribution in [1.29, 1.82) is 0 Å². The summed E-state index contributed by atoms with van der Waals surface area (Å²) in [5, 5.41) is 0.683. The van der Waals surface area contributed by atoms with Gasteiger partial charge in [0.2, 0.25) is 0 Å². The van der Waals surface area contributed by atoms with Crippen LogP contribution in [0.25, 0.3) is 0 Å². The highest BCUT2D eigenvalue weighted by Crippen LogP contribution is 2.43. The summed E-state index contributed by atoms with van der Waals surface area (Å²) in [7, 11) is 0. The summed E-state index contributed by atoms with van der Waals surface area (Å²) in [6.07, 6.45) is 0. The van der Waals surface area contributed by atoms with Gasteiger partial charge in [0.1, 0.15) is 5.69 Å². The molecular weight excluding hydrogens is 360 g/mol. The number of benzene rings is 1. The van der Waals surface area contributed by atoms with Gasteiger partial charge in [0.25, 0.3) is 5.91 Å². The molecule has 3 rings (SSSR count). The lowest BCUT2D eigenvalue weighted by Crippen LogP contribution is -2.38. The van der Waals surface area contributed by atoms with E-state index in [0.717, 1.165) is 14.4 Å². The quantitative estimate of drug-likeness (QED) is 0.781. The third-order valence-electron chi connectivity index (χ3n) is 3.51. The third-order valence-corrected chi connectivity index (χ3v) is 5.56. The third kappa shape index (κ3) is 2.18. The number of hydrogen-bond donors (Lipinski definition) is 0. The van der Waals surface area contributed by atoms with Gasteiger partial charge in [0.05, 0.1) is 10.4 Å². The standard InChI is InChI=1S/C14H12BrClN2OS/c1-14(2)11-10(17-13(15)20-11)12(19)18(14)7-8-4-3-5-9(16)6-8/h3-6H,7H2,1-2H3. The SMILES string of the molecule is CC1(C)c2sc(Br)nc2C(=O)N1Cc1cccc(Cl)c1. The number of thiazole rings is 1. The van der Waals surface area contributed by atoms with Gasteiger partial charge in [0, 0.05) is 11.6 Å². The second-order valence-corrected chi connectivity index (χ2v) is 7.94. The molecule has 0 saturated heterocycles. The van der Waals surface area contributed by atoms with Crippen molar-refractivity contribution < 1.29 is 4.79 Å². The first-order valence-electron chi connectivity index (χ1n) is 6.13. The molecule has 1 aromatic carbocycles. The van der Waals surface area contributed by atoms with Crippen molar-refractivity contribution in [3.05, 3.63) is 49.3 Å². The summed E-state index contributed by atoms with van der Waals surface area (Å²) in [6.45, 7) is 4.63. The summed E-state index contributed by atoms with van der Waals surface area (Å²) in [4.78, 5) is 19.7. The Labute approximate surface area is 134 Å². The lowest BCUT2D eigenvalue weighted by Gasteiger charge is -2.31. The molecule has 1 aromatic heterocycles. The summed E-state index contributed by atoms with van der Waals surface area (Å²) in [5.41, 5.74) is 1.24. The van der Waals surface area contributed by atoms with Crippen molar-refractivity contribution in [3.8, 4) is 0 Å². The number of amides is 1. The van der Waals surface area contributed by atoms with Gasteiger partial charge in [-0.15, -0.1) is 11.3 Å². The van der Waals surface area contributed by atoms with E-state index >= 15 is 0 Å². The molecule has 3 nitrogen and oxygen atoms in total. The number of carbonyl (C=O) groups is 1. The van der Waals surface area contributed by atoms with Crippen LogP contribution in [0.15, 0.2) is 28.2 Å². The second-order valence-electron chi connectivity index (χ2n) is 5.22.